The van der Waals surface area contributed by atoms with Gasteiger partial charge < -0.3 is 14.5 Å². The van der Waals surface area contributed by atoms with Gasteiger partial charge in [0.15, 0.2) is 0 Å². The molecule has 382 valence electrons. The molecule has 5 nitrogen and oxygen atoms in total. The maximum atomic E-state index is 16.4. The number of nitrogens with zero attached hydrogens (tertiary/aromatic N) is 4. The normalized spacial score (nSPS) is 12.9. The van der Waals surface area contributed by atoms with E-state index in [4.69, 9.17) is 9.72 Å². The second kappa shape index (κ2) is 18.8. The van der Waals surface area contributed by atoms with Crippen LogP contribution in [0.2, 0.25) is 0 Å². The zero-order chi connectivity index (χ0) is 53.5. The van der Waals surface area contributed by atoms with Gasteiger partial charge in [-0.1, -0.05) is 110 Å². The van der Waals surface area contributed by atoms with Crippen LogP contribution < -0.4 is 14.5 Å². The van der Waals surface area contributed by atoms with Gasteiger partial charge in [-0.25, -0.2) is 31.3 Å². The molecule has 3 heterocycles. The van der Waals surface area contributed by atoms with Gasteiger partial charge in [0.2, 0.25) is 0 Å². The van der Waals surface area contributed by atoms with Crippen LogP contribution in [0.25, 0.3) is 61.0 Å². The summed E-state index contributed by atoms with van der Waals surface area (Å²) in [5.41, 5.74) is 6.03. The molecule has 0 amide bonds. The van der Waals surface area contributed by atoms with E-state index >= 15 is 17.6 Å². The van der Waals surface area contributed by atoms with Gasteiger partial charge in [-0.15, -0.1) is 0 Å². The van der Waals surface area contributed by atoms with Crippen LogP contribution in [0.1, 0.15) is 78.0 Å². The number of anilines is 4. The maximum Gasteiger partial charge on any atom is 0.137 e. The molecule has 0 bridgehead atoms. The van der Waals surface area contributed by atoms with Crippen molar-refractivity contribution in [3.63, 3.8) is 0 Å². The predicted molar refractivity (Wildman–Crippen MR) is 295 cm³/mol. The lowest BCUT2D eigenvalue weighted by Gasteiger charge is -2.30. The van der Waals surface area contributed by atoms with E-state index in [1.165, 1.54) is 0 Å². The number of hydrogen-bond donors (Lipinski definition) is 0. The van der Waals surface area contributed by atoms with E-state index in [1.807, 2.05) is 111 Å². The second-order valence-corrected chi connectivity index (χ2v) is 21.9. The summed E-state index contributed by atoms with van der Waals surface area (Å²) in [6.45, 7) is 16.3. The first-order chi connectivity index (χ1) is 36.2. The van der Waals surface area contributed by atoms with E-state index in [-0.39, 0.29) is 34.8 Å². The Bertz CT molecular complexity index is 3820. The van der Waals surface area contributed by atoms with Gasteiger partial charge in [0.1, 0.15) is 58.9 Å². The summed E-state index contributed by atoms with van der Waals surface area (Å²) in [5.74, 6) is -5.15. The highest BCUT2D eigenvalue weighted by atomic mass is 19.2. The third-order valence-corrected chi connectivity index (χ3v) is 14.4. The first kappa shape index (κ1) is 49.9. The van der Waals surface area contributed by atoms with Crippen LogP contribution in [0.3, 0.4) is 0 Å². The minimum absolute atomic E-state index is 0.0146. The molecular formula is C65H54F6N4O. The van der Waals surface area contributed by atoms with Crippen molar-refractivity contribution in [3.05, 3.63) is 216 Å². The van der Waals surface area contributed by atoms with Crippen molar-refractivity contribution < 1.29 is 31.1 Å². The Morgan fingerprint density at radius 3 is 1.68 bits per heavy atom. The highest BCUT2D eigenvalue weighted by Crippen LogP contribution is 2.53. The van der Waals surface area contributed by atoms with Crippen molar-refractivity contribution >= 4 is 44.6 Å². The Labute approximate surface area is 438 Å². The van der Waals surface area contributed by atoms with Gasteiger partial charge in [-0.2, -0.15) is 0 Å². The molecule has 1 aliphatic rings. The molecule has 2 aromatic heterocycles. The number of benzene rings is 8. The number of rotatable bonds is 9. The second-order valence-electron chi connectivity index (χ2n) is 21.9. The lowest BCUT2D eigenvalue weighted by atomic mass is 9.81. The summed E-state index contributed by atoms with van der Waals surface area (Å²) in [4.78, 5) is 8.61. The minimum atomic E-state index is -1.22. The molecule has 0 N–H and O–H groups in total. The van der Waals surface area contributed by atoms with Gasteiger partial charge >= 0.3 is 0 Å². The molecule has 10 aromatic rings. The monoisotopic (exact) mass is 1020 g/mol. The Balaban J connectivity index is 1.11. The number of para-hydroxylation sites is 3. The third-order valence-electron chi connectivity index (χ3n) is 14.4. The van der Waals surface area contributed by atoms with Crippen LogP contribution in [0.4, 0.5) is 49.1 Å². The van der Waals surface area contributed by atoms with Crippen LogP contribution in [-0.4, -0.2) is 16.2 Å². The fraction of sp³-hybridized carbons (Fsp3) is 0.185. The maximum absolute atomic E-state index is 16.4. The first-order valence-corrected chi connectivity index (χ1v) is 25.3. The summed E-state index contributed by atoms with van der Waals surface area (Å²) < 4.78 is 104. The largest absolute Gasteiger partial charge is 0.457 e. The van der Waals surface area contributed by atoms with Gasteiger partial charge in [0.25, 0.3) is 0 Å². The summed E-state index contributed by atoms with van der Waals surface area (Å²) in [6.07, 6.45) is 1.85. The van der Waals surface area contributed by atoms with Crippen molar-refractivity contribution in [1.82, 2.24) is 9.55 Å². The number of pyridine rings is 1. The Morgan fingerprint density at radius 1 is 0.500 bits per heavy atom. The average molecular weight is 1020 g/mol. The molecule has 11 rings (SSSR count). The molecular weight excluding hydrogens is 967 g/mol. The smallest absolute Gasteiger partial charge is 0.137 e. The summed E-state index contributed by atoms with van der Waals surface area (Å²) in [6, 6.07) is 45.4. The van der Waals surface area contributed by atoms with Crippen LogP contribution in [0.5, 0.6) is 11.5 Å². The lowest BCUT2D eigenvalue weighted by molar-refractivity contribution is 0.483. The van der Waals surface area contributed by atoms with Crippen molar-refractivity contribution in [2.75, 3.05) is 16.5 Å². The topological polar surface area (TPSA) is 33.5 Å². The average Bonchev–Trinajstić information content (AvgIpc) is 4.00. The molecule has 76 heavy (non-hydrogen) atoms. The standard InChI is InChI=1S/C65H54F6N4O/c1-37(2)46-15-9-10-16-47(46)38-25-43(34-45(26-38)76-44-21-22-49-48-17-11-12-18-56(48)75(59(49)35-44)60-29-39(23-24-72-60)64(3,4)5)73-36-74(58-20-14-13-19-57(58)73)63-50(61-52(68)30-41(66)31-53(61)69)27-40(65(6,7)8)28-51(63)62-54(70)32-42(67)33-55(62)71/h9-35,37H,36H2,1-8H3. The van der Waals surface area contributed by atoms with Crippen LogP contribution in [-0.2, 0) is 10.8 Å². The van der Waals surface area contributed by atoms with E-state index in [0.29, 0.717) is 58.4 Å². The van der Waals surface area contributed by atoms with E-state index in [9.17, 15) is 8.78 Å². The number of hydrogen-bond acceptors (Lipinski definition) is 4. The number of ether oxygens (including phenoxy) is 1. The number of halogens is 6. The SMILES string of the molecule is CC(C)c1ccccc1-c1cc(Oc2ccc3c4ccccc4n(-c4cc(C(C)(C)C)ccn4)c3c2)cc(N2CN(c3c(-c4c(F)cc(F)cc4F)cc(C(C)(C)C)cc3-c3c(F)cc(F)cc3F)c3ccccc32)c1. The fourth-order valence-corrected chi connectivity index (χ4v) is 10.6. The highest BCUT2D eigenvalue weighted by Gasteiger charge is 2.36. The van der Waals surface area contributed by atoms with E-state index in [0.717, 1.165) is 49.9 Å². The fourth-order valence-electron chi connectivity index (χ4n) is 10.6. The molecule has 0 saturated carbocycles. The van der Waals surface area contributed by atoms with Crippen molar-refractivity contribution in [3.8, 4) is 50.7 Å². The van der Waals surface area contributed by atoms with Crippen molar-refractivity contribution in [1.29, 1.82) is 0 Å². The quantitative estimate of drug-likeness (QED) is 0.135. The molecule has 0 radical (unpaired) electrons. The van der Waals surface area contributed by atoms with Gasteiger partial charge in [-0.3, -0.25) is 4.57 Å². The van der Waals surface area contributed by atoms with Crippen LogP contribution in [0.15, 0.2) is 164 Å². The minimum Gasteiger partial charge on any atom is -0.457 e. The Morgan fingerprint density at radius 2 is 1.07 bits per heavy atom. The van der Waals surface area contributed by atoms with E-state index < -0.39 is 51.4 Å². The molecule has 11 heteroatoms. The zero-order valence-corrected chi connectivity index (χ0v) is 43.3. The summed E-state index contributed by atoms with van der Waals surface area (Å²) in [7, 11) is 0. The zero-order valence-electron chi connectivity index (χ0n) is 43.3. The molecule has 0 atom stereocenters. The number of aromatic nitrogens is 2. The molecule has 0 unspecified atom stereocenters. The van der Waals surface area contributed by atoms with E-state index in [2.05, 4.69) is 75.6 Å². The lowest BCUT2D eigenvalue weighted by Crippen LogP contribution is -2.26. The molecule has 8 aromatic carbocycles. The molecule has 0 fully saturated rings. The third kappa shape index (κ3) is 8.91. The number of fused-ring (bicyclic) bond motifs is 4. The van der Waals surface area contributed by atoms with Crippen molar-refractivity contribution in [2.45, 2.75) is 72.1 Å². The van der Waals surface area contributed by atoms with Gasteiger partial charge in [0, 0.05) is 70.2 Å². The van der Waals surface area contributed by atoms with Crippen LogP contribution >= 0.6 is 0 Å². The predicted octanol–water partition coefficient (Wildman–Crippen LogP) is 18.8. The molecule has 1 aliphatic heterocycles. The Kier molecular flexibility index (Phi) is 12.3. The molecule has 0 saturated heterocycles. The van der Waals surface area contributed by atoms with E-state index in [1.54, 1.807) is 23.1 Å². The highest BCUT2D eigenvalue weighted by molar-refractivity contribution is 6.09. The molecule has 0 spiro atoms. The van der Waals surface area contributed by atoms with Crippen molar-refractivity contribution in [2.24, 2.45) is 0 Å². The summed E-state index contributed by atoms with van der Waals surface area (Å²) >= 11 is 0. The van der Waals surface area contributed by atoms with Crippen LogP contribution in [0, 0.1) is 34.9 Å². The Hall–Kier alpha value is -8.31. The first-order valence-electron chi connectivity index (χ1n) is 25.3. The summed E-state index contributed by atoms with van der Waals surface area (Å²) in [5, 5.41) is 2.09. The molecule has 0 aliphatic carbocycles. The van der Waals surface area contributed by atoms with Gasteiger partial charge in [0.05, 0.1) is 39.2 Å². The van der Waals surface area contributed by atoms with Gasteiger partial charge in [-0.05, 0) is 111 Å².